The van der Waals surface area contributed by atoms with E-state index in [1.54, 1.807) is 140 Å². The number of fused-ring (bicyclic) bond motifs is 1. The second-order valence-electron chi connectivity index (χ2n) is 19.6. The standard InChI is InChI=1S/C64H64O18/c1-71-50(65)38-24-4-2-3-5-25-39-72-63-55(79-60(69)45-32-18-9-19-33-45)53(77-58(67)43-28-14-7-15-29-43)52(48(75-63)40-73-57(66)42-26-12-6-13-27-42)82-64-56(80-61(70)46-34-20-10-21-35-46)54(78-59(68)44-30-16-8-17-31-44)51-49(76-64)41-74-62(81-51)47-36-22-11-23-37-47/h6-23,26-37,48-49,51-56,62-64H,2-5,24-25,38-41H2,1H3/t48-,49-,51+,52-,53+,54+,55-,56-,62?,63-,64+/m1/s1. The van der Waals surface area contributed by atoms with Gasteiger partial charge in [-0.05, 0) is 73.5 Å². The zero-order valence-corrected chi connectivity index (χ0v) is 45.1. The Bertz CT molecular complexity index is 2990. The summed E-state index contributed by atoms with van der Waals surface area (Å²) in [5, 5.41) is 0. The number of esters is 6. The molecule has 18 nitrogen and oxygen atoms in total. The Hall–Kier alpha value is -8.10. The summed E-state index contributed by atoms with van der Waals surface area (Å²) in [5.74, 6) is -4.39. The lowest BCUT2D eigenvalue weighted by Crippen LogP contribution is -2.68. The smallest absolute Gasteiger partial charge is 0.338 e. The minimum atomic E-state index is -1.77. The third kappa shape index (κ3) is 15.7. The molecule has 3 heterocycles. The van der Waals surface area contributed by atoms with Crippen LogP contribution in [-0.4, -0.2) is 124 Å². The summed E-state index contributed by atoms with van der Waals surface area (Å²) in [7, 11) is 1.36. The minimum Gasteiger partial charge on any atom is -0.469 e. The average molecular weight is 1120 g/mol. The van der Waals surface area contributed by atoms with Crippen LogP contribution in [0, 0.1) is 0 Å². The van der Waals surface area contributed by atoms with E-state index in [2.05, 4.69) is 0 Å². The highest BCUT2D eigenvalue weighted by molar-refractivity contribution is 5.92. The number of ether oxygens (including phenoxy) is 12. The quantitative estimate of drug-likeness (QED) is 0.0313. The van der Waals surface area contributed by atoms with Crippen molar-refractivity contribution < 1.29 is 85.6 Å². The van der Waals surface area contributed by atoms with E-state index in [1.165, 1.54) is 31.4 Å². The molecule has 6 aromatic rings. The van der Waals surface area contributed by atoms with Crippen LogP contribution in [0.5, 0.6) is 0 Å². The molecule has 0 N–H and O–H groups in total. The van der Waals surface area contributed by atoms with Gasteiger partial charge in [0.2, 0.25) is 0 Å². The normalized spacial score (nSPS) is 23.9. The summed E-state index contributed by atoms with van der Waals surface area (Å²) in [6.07, 6.45) is -11.4. The van der Waals surface area contributed by atoms with Gasteiger partial charge in [0.1, 0.15) is 31.0 Å². The molecule has 0 radical (unpaired) electrons. The molecule has 428 valence electrons. The summed E-state index contributed by atoms with van der Waals surface area (Å²) in [6, 6.07) is 49.8. The van der Waals surface area contributed by atoms with Crippen LogP contribution in [0.4, 0.5) is 0 Å². The maximum Gasteiger partial charge on any atom is 0.338 e. The fraction of sp³-hybridized carbons (Fsp3) is 0.344. The fourth-order valence-corrected chi connectivity index (χ4v) is 9.68. The lowest BCUT2D eigenvalue weighted by Gasteiger charge is -2.50. The van der Waals surface area contributed by atoms with Crippen molar-refractivity contribution in [3.8, 4) is 0 Å². The molecular formula is C64H64O18. The van der Waals surface area contributed by atoms with Crippen LogP contribution in [0.25, 0.3) is 0 Å². The highest BCUT2D eigenvalue weighted by atomic mass is 16.8. The summed E-state index contributed by atoms with van der Waals surface area (Å²) < 4.78 is 76.3. The summed E-state index contributed by atoms with van der Waals surface area (Å²) in [6.45, 7) is -0.666. The summed E-state index contributed by atoms with van der Waals surface area (Å²) >= 11 is 0. The Morgan fingerprint density at radius 1 is 0.439 bits per heavy atom. The predicted molar refractivity (Wildman–Crippen MR) is 292 cm³/mol. The van der Waals surface area contributed by atoms with Crippen molar-refractivity contribution in [2.24, 2.45) is 0 Å². The molecule has 3 saturated heterocycles. The Balaban J connectivity index is 1.11. The van der Waals surface area contributed by atoms with E-state index >= 15 is 0 Å². The van der Waals surface area contributed by atoms with Gasteiger partial charge in [0, 0.05) is 18.6 Å². The molecule has 0 spiro atoms. The second kappa shape index (κ2) is 29.6. The average Bonchev–Trinajstić information content (AvgIpc) is 3.13. The van der Waals surface area contributed by atoms with Gasteiger partial charge in [-0.15, -0.1) is 0 Å². The molecule has 11 atom stereocenters. The molecule has 82 heavy (non-hydrogen) atoms. The van der Waals surface area contributed by atoms with E-state index < -0.39 is 104 Å². The second-order valence-corrected chi connectivity index (χ2v) is 19.6. The zero-order valence-electron chi connectivity index (χ0n) is 45.1. The third-order valence-electron chi connectivity index (χ3n) is 13.9. The van der Waals surface area contributed by atoms with Crippen molar-refractivity contribution >= 4 is 35.8 Å². The number of hydrogen-bond acceptors (Lipinski definition) is 18. The zero-order chi connectivity index (χ0) is 57.0. The first-order valence-corrected chi connectivity index (χ1v) is 27.4. The first-order valence-electron chi connectivity index (χ1n) is 27.4. The van der Waals surface area contributed by atoms with Crippen LogP contribution in [0.15, 0.2) is 182 Å². The van der Waals surface area contributed by atoms with E-state index in [1.807, 2.05) is 18.2 Å². The lowest BCUT2D eigenvalue weighted by molar-refractivity contribution is -0.383. The number of carbonyl (C=O) groups excluding carboxylic acids is 6. The third-order valence-corrected chi connectivity index (χ3v) is 13.9. The molecule has 18 heteroatoms. The van der Waals surface area contributed by atoms with Crippen LogP contribution in [-0.2, 0) is 61.6 Å². The van der Waals surface area contributed by atoms with E-state index in [4.69, 9.17) is 56.8 Å². The molecule has 0 bridgehead atoms. The highest BCUT2D eigenvalue weighted by Crippen LogP contribution is 2.40. The van der Waals surface area contributed by atoms with Crippen molar-refractivity contribution in [3.63, 3.8) is 0 Å². The molecule has 0 aromatic heterocycles. The largest absolute Gasteiger partial charge is 0.469 e. The molecule has 0 aliphatic carbocycles. The van der Waals surface area contributed by atoms with Crippen LogP contribution in [0.3, 0.4) is 0 Å². The van der Waals surface area contributed by atoms with Crippen LogP contribution in [0.1, 0.15) is 109 Å². The molecule has 3 aliphatic heterocycles. The Morgan fingerprint density at radius 2 is 0.866 bits per heavy atom. The number of carbonyl (C=O) groups is 6. The lowest BCUT2D eigenvalue weighted by atomic mass is 9.95. The van der Waals surface area contributed by atoms with Gasteiger partial charge in [0.25, 0.3) is 0 Å². The maximum atomic E-state index is 14.6. The number of unbranched alkanes of at least 4 members (excludes halogenated alkanes) is 5. The predicted octanol–water partition coefficient (Wildman–Crippen LogP) is 9.62. The molecule has 6 aromatic carbocycles. The number of hydrogen-bond donors (Lipinski definition) is 0. The van der Waals surface area contributed by atoms with Gasteiger partial charge in [-0.25, -0.2) is 24.0 Å². The molecule has 3 fully saturated rings. The van der Waals surface area contributed by atoms with Gasteiger partial charge in [0.05, 0.1) is 41.5 Å². The van der Waals surface area contributed by atoms with E-state index in [9.17, 15) is 28.8 Å². The topological polar surface area (TPSA) is 213 Å². The molecule has 1 unspecified atom stereocenters. The Kier molecular flexibility index (Phi) is 21.1. The first kappa shape index (κ1) is 58.6. The van der Waals surface area contributed by atoms with Gasteiger partial charge >= 0.3 is 35.8 Å². The van der Waals surface area contributed by atoms with Gasteiger partial charge in [0.15, 0.2) is 43.3 Å². The van der Waals surface area contributed by atoms with Crippen LogP contribution in [0.2, 0.25) is 0 Å². The van der Waals surface area contributed by atoms with Gasteiger partial charge in [-0.3, -0.25) is 4.79 Å². The molecule has 9 rings (SSSR count). The van der Waals surface area contributed by atoms with Crippen molar-refractivity contribution in [1.29, 1.82) is 0 Å². The first-order chi connectivity index (χ1) is 40.1. The highest BCUT2D eigenvalue weighted by Gasteiger charge is 2.59. The van der Waals surface area contributed by atoms with E-state index in [-0.39, 0.29) is 47.0 Å². The van der Waals surface area contributed by atoms with Crippen molar-refractivity contribution in [2.45, 2.75) is 113 Å². The van der Waals surface area contributed by atoms with Crippen LogP contribution < -0.4 is 0 Å². The van der Waals surface area contributed by atoms with Crippen molar-refractivity contribution in [3.05, 3.63) is 215 Å². The maximum absolute atomic E-state index is 14.6. The number of methoxy groups -OCH3 is 1. The van der Waals surface area contributed by atoms with Gasteiger partial charge in [-0.1, -0.05) is 147 Å². The van der Waals surface area contributed by atoms with Crippen molar-refractivity contribution in [1.82, 2.24) is 0 Å². The summed E-state index contributed by atoms with van der Waals surface area (Å²) in [5.41, 5.74) is 1.39. The molecule has 3 aliphatic rings. The van der Waals surface area contributed by atoms with Gasteiger partial charge < -0.3 is 56.8 Å². The molecular weight excluding hydrogens is 1060 g/mol. The SMILES string of the molecule is COC(=O)CCCCCCCCO[C@@H]1O[C@H](COC(=O)c2ccccc2)[C@@H](O[C@@H]2O[C@@H]3COC(c4ccccc4)O[C@@H]3[C@H](OC(=O)c3ccccc3)[C@H]2OC(=O)c2ccccc2)[C@H](OC(=O)c2ccccc2)[C@H]1OC(=O)c1ccccc1. The van der Waals surface area contributed by atoms with Crippen molar-refractivity contribution in [2.75, 3.05) is 26.9 Å². The number of benzene rings is 6. The monoisotopic (exact) mass is 1120 g/mol. The Morgan fingerprint density at radius 3 is 1.37 bits per heavy atom. The minimum absolute atomic E-state index is 0.0678. The van der Waals surface area contributed by atoms with E-state index in [0.29, 0.717) is 24.8 Å². The fourth-order valence-electron chi connectivity index (χ4n) is 9.68. The number of rotatable bonds is 24. The van der Waals surface area contributed by atoms with Gasteiger partial charge in [-0.2, -0.15) is 0 Å². The molecule has 0 saturated carbocycles. The Labute approximate surface area is 474 Å². The summed E-state index contributed by atoms with van der Waals surface area (Å²) in [4.78, 5) is 83.2. The molecule has 0 amide bonds. The van der Waals surface area contributed by atoms with E-state index in [0.717, 1.165) is 25.7 Å². The van der Waals surface area contributed by atoms with Crippen LogP contribution >= 0.6 is 0 Å².